The topological polar surface area (TPSA) is 75.1 Å². The van der Waals surface area contributed by atoms with E-state index in [1.807, 2.05) is 24.3 Å². The molecule has 1 aromatic rings. The number of nitrogens with zero attached hydrogens (tertiary/aromatic N) is 3. The van der Waals surface area contributed by atoms with E-state index in [1.54, 1.807) is 0 Å². The number of benzene rings is 1. The molecule has 6 heteroatoms. The van der Waals surface area contributed by atoms with Gasteiger partial charge in [0.05, 0.1) is 6.54 Å². The maximum Gasteiger partial charge on any atom is 0.303 e. The minimum Gasteiger partial charge on any atom is -0.458 e. The van der Waals surface area contributed by atoms with E-state index < -0.39 is 12.1 Å². The van der Waals surface area contributed by atoms with Crippen LogP contribution in [-0.4, -0.2) is 12.5 Å². The smallest absolute Gasteiger partial charge is 0.303 e. The molecular formula is C10H10BrN3O2. The highest BCUT2D eigenvalue weighted by Crippen LogP contribution is 2.20. The second kappa shape index (κ2) is 6.15. The van der Waals surface area contributed by atoms with Gasteiger partial charge in [0, 0.05) is 16.3 Å². The van der Waals surface area contributed by atoms with Crippen LogP contribution in [-0.2, 0) is 9.53 Å². The number of rotatable bonds is 4. The number of hydrogen-bond acceptors (Lipinski definition) is 3. The average Bonchev–Trinajstić information content (AvgIpc) is 2.25. The molecule has 0 spiro atoms. The Balaban J connectivity index is 2.86. The summed E-state index contributed by atoms with van der Waals surface area (Å²) in [4.78, 5) is 13.5. The van der Waals surface area contributed by atoms with Crippen LogP contribution in [0.25, 0.3) is 10.4 Å². The summed E-state index contributed by atoms with van der Waals surface area (Å²) < 4.78 is 5.99. The largest absolute Gasteiger partial charge is 0.458 e. The molecule has 0 aliphatic rings. The molecule has 0 N–H and O–H groups in total. The second-order valence-corrected chi connectivity index (χ2v) is 3.98. The van der Waals surface area contributed by atoms with Gasteiger partial charge in [-0.3, -0.25) is 4.79 Å². The SMILES string of the molecule is CC(=O)O[C@H](CN=[N+]=[N-])c1ccc(Br)cc1. The minimum atomic E-state index is -0.526. The molecule has 0 heterocycles. The van der Waals surface area contributed by atoms with Crippen LogP contribution in [0.15, 0.2) is 33.9 Å². The molecule has 0 saturated heterocycles. The number of hydrogen-bond donors (Lipinski definition) is 0. The van der Waals surface area contributed by atoms with Crippen LogP contribution >= 0.6 is 15.9 Å². The van der Waals surface area contributed by atoms with Crippen molar-refractivity contribution in [2.75, 3.05) is 6.54 Å². The molecule has 1 aromatic carbocycles. The lowest BCUT2D eigenvalue weighted by atomic mass is 10.1. The molecule has 0 amide bonds. The molecule has 16 heavy (non-hydrogen) atoms. The van der Waals surface area contributed by atoms with E-state index >= 15 is 0 Å². The standard InChI is InChI=1S/C10H10BrN3O2/c1-7(15)16-10(6-13-14-12)8-2-4-9(11)5-3-8/h2-5,10H,6H2,1H3/t10-/m1/s1. The van der Waals surface area contributed by atoms with Crippen molar-refractivity contribution in [2.24, 2.45) is 5.11 Å². The lowest BCUT2D eigenvalue weighted by molar-refractivity contribution is -0.146. The highest BCUT2D eigenvalue weighted by atomic mass is 79.9. The van der Waals surface area contributed by atoms with E-state index in [9.17, 15) is 4.79 Å². The zero-order valence-electron chi connectivity index (χ0n) is 8.63. The van der Waals surface area contributed by atoms with Crippen LogP contribution in [0.5, 0.6) is 0 Å². The summed E-state index contributed by atoms with van der Waals surface area (Å²) >= 11 is 3.31. The fourth-order valence-electron chi connectivity index (χ4n) is 1.20. The Kier molecular flexibility index (Phi) is 4.82. The number of halogens is 1. The number of carbonyl (C=O) groups excluding carboxylic acids is 1. The highest BCUT2D eigenvalue weighted by Gasteiger charge is 2.13. The molecule has 5 nitrogen and oxygen atoms in total. The first-order valence-corrected chi connectivity index (χ1v) is 5.36. The lowest BCUT2D eigenvalue weighted by Gasteiger charge is -2.14. The van der Waals surface area contributed by atoms with Gasteiger partial charge in [-0.2, -0.15) is 0 Å². The van der Waals surface area contributed by atoms with Crippen LogP contribution < -0.4 is 0 Å². The maximum atomic E-state index is 10.9. The highest BCUT2D eigenvalue weighted by molar-refractivity contribution is 9.10. The van der Waals surface area contributed by atoms with E-state index in [1.165, 1.54) is 6.92 Å². The number of esters is 1. The summed E-state index contributed by atoms with van der Waals surface area (Å²) in [5, 5.41) is 3.42. The van der Waals surface area contributed by atoms with Crippen molar-refractivity contribution in [3.05, 3.63) is 44.7 Å². The van der Waals surface area contributed by atoms with Gasteiger partial charge < -0.3 is 4.74 Å². The Morgan fingerprint density at radius 1 is 1.56 bits per heavy atom. The third-order valence-corrected chi connectivity index (χ3v) is 2.39. The summed E-state index contributed by atoms with van der Waals surface area (Å²) in [5.41, 5.74) is 9.05. The fourth-order valence-corrected chi connectivity index (χ4v) is 1.46. The molecule has 1 rings (SSSR count). The summed E-state index contributed by atoms with van der Waals surface area (Å²) in [5.74, 6) is -0.402. The molecule has 0 radical (unpaired) electrons. The number of ether oxygens (including phenoxy) is 1. The van der Waals surface area contributed by atoms with Crippen molar-refractivity contribution in [1.29, 1.82) is 0 Å². The Morgan fingerprint density at radius 2 is 2.19 bits per heavy atom. The van der Waals surface area contributed by atoms with Crippen LogP contribution in [0.2, 0.25) is 0 Å². The van der Waals surface area contributed by atoms with Gasteiger partial charge in [0.1, 0.15) is 6.10 Å². The fraction of sp³-hybridized carbons (Fsp3) is 0.300. The van der Waals surface area contributed by atoms with Gasteiger partial charge >= 0.3 is 5.97 Å². The van der Waals surface area contributed by atoms with E-state index in [0.717, 1.165) is 10.0 Å². The molecule has 0 aliphatic carbocycles. The van der Waals surface area contributed by atoms with E-state index in [2.05, 4.69) is 26.0 Å². The van der Waals surface area contributed by atoms with Gasteiger partial charge in [0.2, 0.25) is 0 Å². The second-order valence-electron chi connectivity index (χ2n) is 3.06. The molecule has 84 valence electrons. The van der Waals surface area contributed by atoms with Crippen molar-refractivity contribution in [1.82, 2.24) is 0 Å². The zero-order chi connectivity index (χ0) is 12.0. The van der Waals surface area contributed by atoms with E-state index in [0.29, 0.717) is 0 Å². The molecular weight excluding hydrogens is 274 g/mol. The molecule has 1 atom stereocenters. The van der Waals surface area contributed by atoms with Gasteiger partial charge in [0.25, 0.3) is 0 Å². The Morgan fingerprint density at radius 3 is 2.69 bits per heavy atom. The number of carbonyl (C=O) groups is 1. The van der Waals surface area contributed by atoms with Crippen molar-refractivity contribution >= 4 is 21.9 Å². The van der Waals surface area contributed by atoms with Gasteiger partial charge in [0.15, 0.2) is 0 Å². The lowest BCUT2D eigenvalue weighted by Crippen LogP contribution is -2.11. The molecule has 0 bridgehead atoms. The van der Waals surface area contributed by atoms with Crippen LogP contribution in [0.1, 0.15) is 18.6 Å². The molecule has 0 saturated carbocycles. The first kappa shape index (κ1) is 12.5. The number of azide groups is 1. The first-order valence-electron chi connectivity index (χ1n) is 4.57. The van der Waals surface area contributed by atoms with Crippen LogP contribution in [0, 0.1) is 0 Å². The minimum absolute atomic E-state index is 0.0950. The van der Waals surface area contributed by atoms with Gasteiger partial charge in [-0.15, -0.1) is 0 Å². The predicted octanol–water partition coefficient (Wildman–Crippen LogP) is 3.36. The molecule has 0 aliphatic heterocycles. The Labute approximate surface area is 101 Å². The summed E-state index contributed by atoms with van der Waals surface area (Å²) in [6.45, 7) is 1.42. The van der Waals surface area contributed by atoms with E-state index in [-0.39, 0.29) is 6.54 Å². The summed E-state index contributed by atoms with van der Waals surface area (Å²) in [6, 6.07) is 7.29. The molecule has 0 unspecified atom stereocenters. The third-order valence-electron chi connectivity index (χ3n) is 1.86. The van der Waals surface area contributed by atoms with Crippen LogP contribution in [0.4, 0.5) is 0 Å². The van der Waals surface area contributed by atoms with Crippen LogP contribution in [0.3, 0.4) is 0 Å². The van der Waals surface area contributed by atoms with E-state index in [4.69, 9.17) is 10.3 Å². The Bertz CT molecular complexity index is 409. The zero-order valence-corrected chi connectivity index (χ0v) is 10.2. The molecule has 0 aromatic heterocycles. The monoisotopic (exact) mass is 283 g/mol. The average molecular weight is 284 g/mol. The predicted molar refractivity (Wildman–Crippen MR) is 62.7 cm³/mol. The maximum absolute atomic E-state index is 10.9. The quantitative estimate of drug-likeness (QED) is 0.368. The van der Waals surface area contributed by atoms with Crippen molar-refractivity contribution in [3.63, 3.8) is 0 Å². The van der Waals surface area contributed by atoms with Crippen molar-refractivity contribution < 1.29 is 9.53 Å². The van der Waals surface area contributed by atoms with Crippen molar-refractivity contribution in [3.8, 4) is 0 Å². The Hall–Kier alpha value is -1.52. The van der Waals surface area contributed by atoms with Gasteiger partial charge in [-0.25, -0.2) is 0 Å². The normalized spacial score (nSPS) is 11.4. The van der Waals surface area contributed by atoms with Crippen molar-refractivity contribution in [2.45, 2.75) is 13.0 Å². The third kappa shape index (κ3) is 3.92. The van der Waals surface area contributed by atoms with Gasteiger partial charge in [-0.1, -0.05) is 33.2 Å². The molecule has 0 fully saturated rings. The first-order chi connectivity index (χ1) is 7.63. The summed E-state index contributed by atoms with van der Waals surface area (Å²) in [7, 11) is 0. The van der Waals surface area contributed by atoms with Gasteiger partial charge in [-0.05, 0) is 23.2 Å². The summed E-state index contributed by atoms with van der Waals surface area (Å²) in [6.07, 6.45) is -0.526.